The first-order chi connectivity index (χ1) is 17.6. The van der Waals surface area contributed by atoms with Crippen LogP contribution in [-0.4, -0.2) is 24.9 Å². The number of nitro groups is 1. The van der Waals surface area contributed by atoms with Gasteiger partial charge in [-0.2, -0.15) is 0 Å². The normalized spacial score (nSPS) is 10.6. The van der Waals surface area contributed by atoms with Gasteiger partial charge in [-0.25, -0.2) is 19.9 Å². The summed E-state index contributed by atoms with van der Waals surface area (Å²) in [5.74, 6) is 2.23. The summed E-state index contributed by atoms with van der Waals surface area (Å²) in [4.78, 5) is 25.8. The summed E-state index contributed by atoms with van der Waals surface area (Å²) >= 11 is 0. The van der Waals surface area contributed by atoms with Crippen molar-refractivity contribution in [2.24, 2.45) is 0 Å². The first kappa shape index (κ1) is 22.3. The highest BCUT2D eigenvalue weighted by Crippen LogP contribution is 2.31. The molecule has 0 bridgehead atoms. The number of nitrogens with two attached hydrogens (primary N) is 1. The Bertz CT molecular complexity index is 1450. The zero-order valence-electron chi connectivity index (χ0n) is 18.3. The van der Waals surface area contributed by atoms with Gasteiger partial charge in [-0.15, -0.1) is 0 Å². The number of oxazole rings is 4. The molecule has 0 atom stereocenters. The highest BCUT2D eigenvalue weighted by atomic mass is 16.6. The van der Waals surface area contributed by atoms with Gasteiger partial charge in [0, 0.05) is 40.1 Å². The molecule has 2 N–H and O–H groups in total. The molecule has 4 aromatic heterocycles. The molecule has 4 heterocycles. The van der Waals surface area contributed by atoms with E-state index < -0.39 is 4.92 Å². The van der Waals surface area contributed by atoms with Gasteiger partial charge in [0.25, 0.3) is 5.69 Å². The van der Waals surface area contributed by atoms with E-state index in [1.807, 2.05) is 18.2 Å². The molecule has 0 aliphatic rings. The lowest BCUT2D eigenvalue weighted by Gasteiger charge is -2.02. The maximum Gasteiger partial charge on any atom is 0.270 e. The molecule has 12 heteroatoms. The molecule has 6 aromatic rings. The number of rotatable bonds is 5. The molecule has 0 unspecified atom stereocenters. The molecule has 0 saturated carbocycles. The fraction of sp³-hybridized carbons (Fsp3) is 0. The Morgan fingerprint density at radius 3 is 1.19 bits per heavy atom. The van der Waals surface area contributed by atoms with Crippen molar-refractivity contribution in [3.8, 4) is 45.3 Å². The third kappa shape index (κ3) is 4.87. The molecule has 0 spiro atoms. The summed E-state index contributed by atoms with van der Waals surface area (Å²) in [7, 11) is 0. The first-order valence-corrected chi connectivity index (χ1v) is 10.3. The Morgan fingerprint density at radius 1 is 0.583 bits per heavy atom. The van der Waals surface area contributed by atoms with E-state index in [1.165, 1.54) is 50.1 Å². The Balaban J connectivity index is 0.000000149. The number of anilines is 1. The number of nitrogens with zero attached hydrogens (tertiary/aromatic N) is 5. The third-order valence-electron chi connectivity index (χ3n) is 4.95. The van der Waals surface area contributed by atoms with Crippen LogP contribution in [0, 0.1) is 10.1 Å². The minimum atomic E-state index is -0.472. The standard InChI is InChI=1S/C12H7N3O4.C12H9N3O2/c16-15(17)10-2-8(11-4-13-6-18-11)1-9(3-10)12-5-14-7-19-12;13-10-2-8(11-4-14-6-16-11)1-9(3-10)12-5-15-7-17-12/h1-7H;1-7H,13H2. The summed E-state index contributed by atoms with van der Waals surface area (Å²) in [5.41, 5.74) is 9.24. The maximum absolute atomic E-state index is 11.0. The molecule has 0 saturated heterocycles. The smallest absolute Gasteiger partial charge is 0.270 e. The summed E-state index contributed by atoms with van der Waals surface area (Å²) in [5, 5.41) is 11.0. The second-order valence-electron chi connectivity index (χ2n) is 7.33. The number of nitro benzene ring substituents is 1. The third-order valence-corrected chi connectivity index (χ3v) is 4.95. The Morgan fingerprint density at radius 2 is 0.917 bits per heavy atom. The van der Waals surface area contributed by atoms with Crippen LogP contribution in [0.5, 0.6) is 0 Å². The monoisotopic (exact) mass is 484 g/mol. The number of benzene rings is 2. The van der Waals surface area contributed by atoms with Crippen LogP contribution in [-0.2, 0) is 0 Å². The predicted octanol–water partition coefficient (Wildman–Crippen LogP) is 5.48. The van der Waals surface area contributed by atoms with E-state index in [0.717, 1.165) is 11.1 Å². The van der Waals surface area contributed by atoms with Gasteiger partial charge >= 0.3 is 0 Å². The molecule has 0 aliphatic carbocycles. The Hall–Kier alpha value is -5.52. The molecule has 36 heavy (non-hydrogen) atoms. The van der Waals surface area contributed by atoms with Crippen molar-refractivity contribution in [1.82, 2.24) is 19.9 Å². The van der Waals surface area contributed by atoms with Gasteiger partial charge < -0.3 is 23.4 Å². The second-order valence-corrected chi connectivity index (χ2v) is 7.33. The molecule has 12 nitrogen and oxygen atoms in total. The Labute approximate surface area is 202 Å². The van der Waals surface area contributed by atoms with Crippen LogP contribution >= 0.6 is 0 Å². The number of hydrogen-bond donors (Lipinski definition) is 1. The molecule has 0 radical (unpaired) electrons. The van der Waals surface area contributed by atoms with Crippen LogP contribution < -0.4 is 5.73 Å². The highest BCUT2D eigenvalue weighted by Gasteiger charge is 2.15. The van der Waals surface area contributed by atoms with Crippen LogP contribution in [0.25, 0.3) is 45.3 Å². The largest absolute Gasteiger partial charge is 0.444 e. The molecule has 0 fully saturated rings. The van der Waals surface area contributed by atoms with Gasteiger partial charge in [-0.05, 0) is 24.3 Å². The van der Waals surface area contributed by atoms with E-state index >= 15 is 0 Å². The van der Waals surface area contributed by atoms with E-state index in [2.05, 4.69) is 19.9 Å². The molecular weight excluding hydrogens is 468 g/mol. The van der Waals surface area contributed by atoms with Crippen molar-refractivity contribution in [2.45, 2.75) is 0 Å². The van der Waals surface area contributed by atoms with Gasteiger partial charge in [0.2, 0.25) is 0 Å². The summed E-state index contributed by atoms with van der Waals surface area (Å²) < 4.78 is 20.8. The lowest BCUT2D eigenvalue weighted by atomic mass is 10.1. The fourth-order valence-corrected chi connectivity index (χ4v) is 3.37. The van der Waals surface area contributed by atoms with Crippen molar-refractivity contribution in [2.75, 3.05) is 5.73 Å². The van der Waals surface area contributed by atoms with Crippen molar-refractivity contribution >= 4 is 11.4 Å². The average Bonchev–Trinajstić information content (AvgIpc) is 3.72. The lowest BCUT2D eigenvalue weighted by Crippen LogP contribution is -1.90. The maximum atomic E-state index is 11.0. The number of hydrogen-bond acceptors (Lipinski definition) is 11. The van der Waals surface area contributed by atoms with Crippen molar-refractivity contribution in [3.63, 3.8) is 0 Å². The number of non-ortho nitro benzene ring substituents is 1. The van der Waals surface area contributed by atoms with E-state index in [1.54, 1.807) is 18.5 Å². The molecular formula is C24H16N6O6. The molecule has 0 amide bonds. The molecule has 178 valence electrons. The van der Waals surface area contributed by atoms with Crippen molar-refractivity contribution in [3.05, 3.63) is 96.9 Å². The zero-order chi connectivity index (χ0) is 24.9. The molecule has 6 rings (SSSR count). The van der Waals surface area contributed by atoms with Gasteiger partial charge in [0.1, 0.15) is 0 Å². The van der Waals surface area contributed by atoms with E-state index in [4.69, 9.17) is 23.4 Å². The summed E-state index contributed by atoms with van der Waals surface area (Å²) in [6, 6.07) is 10.1. The van der Waals surface area contributed by atoms with Gasteiger partial charge in [0.05, 0.1) is 29.7 Å². The highest BCUT2D eigenvalue weighted by molar-refractivity contribution is 5.73. The summed E-state index contributed by atoms with van der Waals surface area (Å²) in [6.45, 7) is 0. The topological polar surface area (TPSA) is 173 Å². The lowest BCUT2D eigenvalue weighted by molar-refractivity contribution is -0.384. The quantitative estimate of drug-likeness (QED) is 0.186. The predicted molar refractivity (Wildman–Crippen MR) is 126 cm³/mol. The van der Waals surface area contributed by atoms with Crippen LogP contribution in [0.2, 0.25) is 0 Å². The fourth-order valence-electron chi connectivity index (χ4n) is 3.37. The van der Waals surface area contributed by atoms with Crippen LogP contribution in [0.15, 0.2) is 104 Å². The SMILES string of the molecule is Nc1cc(-c2cnco2)cc(-c2cnco2)c1.O=[N+]([O-])c1cc(-c2cnco2)cc(-c2cnco2)c1. The van der Waals surface area contributed by atoms with E-state index in [0.29, 0.717) is 39.9 Å². The van der Waals surface area contributed by atoms with Crippen LogP contribution in [0.3, 0.4) is 0 Å². The van der Waals surface area contributed by atoms with Gasteiger partial charge in [-0.3, -0.25) is 10.1 Å². The van der Waals surface area contributed by atoms with Crippen LogP contribution in [0.4, 0.5) is 11.4 Å². The first-order valence-electron chi connectivity index (χ1n) is 10.3. The van der Waals surface area contributed by atoms with Crippen molar-refractivity contribution < 1.29 is 22.6 Å². The van der Waals surface area contributed by atoms with Gasteiger partial charge in [0.15, 0.2) is 48.6 Å². The zero-order valence-corrected chi connectivity index (χ0v) is 18.3. The number of aromatic nitrogens is 4. The molecule has 0 aliphatic heterocycles. The van der Waals surface area contributed by atoms with E-state index in [9.17, 15) is 10.1 Å². The van der Waals surface area contributed by atoms with Crippen LogP contribution in [0.1, 0.15) is 0 Å². The molecule has 2 aromatic carbocycles. The van der Waals surface area contributed by atoms with Gasteiger partial charge in [-0.1, -0.05) is 0 Å². The second kappa shape index (κ2) is 9.77. The summed E-state index contributed by atoms with van der Waals surface area (Å²) in [6.07, 6.45) is 11.5. The van der Waals surface area contributed by atoms with E-state index in [-0.39, 0.29) is 5.69 Å². The average molecular weight is 484 g/mol. The van der Waals surface area contributed by atoms with Crippen molar-refractivity contribution in [1.29, 1.82) is 0 Å². The number of nitrogen functional groups attached to an aromatic ring is 1. The minimum Gasteiger partial charge on any atom is -0.444 e. The minimum absolute atomic E-state index is 0.0553. The Kier molecular flexibility index (Phi) is 6.04.